The van der Waals surface area contributed by atoms with Gasteiger partial charge in [0.15, 0.2) is 11.4 Å². The van der Waals surface area contributed by atoms with Crippen molar-refractivity contribution in [3.05, 3.63) is 24.4 Å². The van der Waals surface area contributed by atoms with E-state index >= 15 is 0 Å². The van der Waals surface area contributed by atoms with Crippen LogP contribution in [0.5, 0.6) is 11.8 Å². The molecule has 0 saturated carbocycles. The van der Waals surface area contributed by atoms with Crippen molar-refractivity contribution in [2.45, 2.75) is 20.4 Å². The molecule has 0 aliphatic heterocycles. The minimum absolute atomic E-state index is 0.0197. The van der Waals surface area contributed by atoms with Crippen LogP contribution in [0.15, 0.2) is 23.1 Å². The van der Waals surface area contributed by atoms with E-state index in [1.165, 1.54) is 12.5 Å². The fourth-order valence-electron chi connectivity index (χ4n) is 1.27. The van der Waals surface area contributed by atoms with Crippen LogP contribution in [-0.4, -0.2) is 27.3 Å². The second-order valence-electron chi connectivity index (χ2n) is 3.35. The van der Waals surface area contributed by atoms with Crippen molar-refractivity contribution < 1.29 is 18.7 Å². The fourth-order valence-corrected chi connectivity index (χ4v) is 1.27. The maximum Gasteiger partial charge on any atom is 0.400 e. The van der Waals surface area contributed by atoms with Crippen molar-refractivity contribution >= 4 is 5.97 Å². The normalized spacial score (nSPS) is 10.3. The zero-order valence-electron chi connectivity index (χ0n) is 10.1. The summed E-state index contributed by atoms with van der Waals surface area (Å²) in [6, 6.07) is 0. The van der Waals surface area contributed by atoms with Crippen LogP contribution in [0.3, 0.4) is 0 Å². The number of esters is 1. The molecular formula is C11H13N3O4. The molecule has 0 atom stereocenters. The molecule has 0 aliphatic carbocycles. The summed E-state index contributed by atoms with van der Waals surface area (Å²) < 4.78 is 16.8. The number of hydrogen-bond acceptors (Lipinski definition) is 6. The predicted molar refractivity (Wildman–Crippen MR) is 60.4 cm³/mol. The van der Waals surface area contributed by atoms with Gasteiger partial charge in [-0.3, -0.25) is 4.68 Å². The van der Waals surface area contributed by atoms with Gasteiger partial charge in [-0.25, -0.2) is 4.79 Å². The largest absolute Gasteiger partial charge is 0.461 e. The molecule has 0 aliphatic rings. The number of hydrogen-bond donors (Lipinski definition) is 0. The first-order valence-electron chi connectivity index (χ1n) is 5.56. The second kappa shape index (κ2) is 5.35. The summed E-state index contributed by atoms with van der Waals surface area (Å²) in [5.41, 5.74) is 0.0785. The number of ether oxygens (including phenoxy) is 2. The van der Waals surface area contributed by atoms with Crippen molar-refractivity contribution in [3.8, 4) is 11.8 Å². The Morgan fingerprint density at radius 3 is 3.00 bits per heavy atom. The van der Waals surface area contributed by atoms with Crippen molar-refractivity contribution in [2.24, 2.45) is 0 Å². The molecule has 0 unspecified atom stereocenters. The maximum atomic E-state index is 11.3. The third kappa shape index (κ3) is 2.68. The van der Waals surface area contributed by atoms with Crippen LogP contribution in [-0.2, 0) is 11.3 Å². The number of carbonyl (C=O) groups is 1. The molecule has 0 fully saturated rings. The Morgan fingerprint density at radius 2 is 2.33 bits per heavy atom. The van der Waals surface area contributed by atoms with Crippen LogP contribution in [0.2, 0.25) is 0 Å². The summed E-state index contributed by atoms with van der Waals surface area (Å²) in [7, 11) is 0. The summed E-state index contributed by atoms with van der Waals surface area (Å²) in [6.07, 6.45) is 4.41. The van der Waals surface area contributed by atoms with E-state index in [1.807, 2.05) is 6.92 Å². The number of nitrogens with zero attached hydrogens (tertiary/aromatic N) is 3. The van der Waals surface area contributed by atoms with Crippen LogP contribution in [0, 0.1) is 0 Å². The summed E-state index contributed by atoms with van der Waals surface area (Å²) in [5, 5.41) is 4.03. The Morgan fingerprint density at radius 1 is 1.50 bits per heavy atom. The van der Waals surface area contributed by atoms with E-state index in [9.17, 15) is 4.79 Å². The Kier molecular flexibility index (Phi) is 3.61. The van der Waals surface area contributed by atoms with E-state index in [0.29, 0.717) is 5.75 Å². The molecule has 96 valence electrons. The molecule has 0 radical (unpaired) electrons. The van der Waals surface area contributed by atoms with Crippen LogP contribution in [0.1, 0.15) is 24.3 Å². The Bertz CT molecular complexity index is 532. The van der Waals surface area contributed by atoms with E-state index in [2.05, 4.69) is 10.1 Å². The molecule has 2 aromatic heterocycles. The van der Waals surface area contributed by atoms with Gasteiger partial charge in [0.2, 0.25) is 0 Å². The molecular weight excluding hydrogens is 238 g/mol. The van der Waals surface area contributed by atoms with Gasteiger partial charge in [0.1, 0.15) is 6.26 Å². The summed E-state index contributed by atoms with van der Waals surface area (Å²) in [6.45, 7) is 4.70. The second-order valence-corrected chi connectivity index (χ2v) is 3.35. The van der Waals surface area contributed by atoms with Crippen molar-refractivity contribution in [1.82, 2.24) is 14.8 Å². The number of carbonyl (C=O) groups excluding carboxylic acids is 1. The highest BCUT2D eigenvalue weighted by molar-refractivity contribution is 5.86. The van der Waals surface area contributed by atoms with E-state index in [-0.39, 0.29) is 18.4 Å². The Labute approximate surface area is 103 Å². The number of aryl methyl sites for hydroxylation is 1. The molecule has 0 spiro atoms. The average molecular weight is 251 g/mol. The summed E-state index contributed by atoms with van der Waals surface area (Å²) >= 11 is 0. The molecule has 2 heterocycles. The van der Waals surface area contributed by atoms with E-state index < -0.39 is 5.97 Å². The molecule has 2 aromatic rings. The van der Waals surface area contributed by atoms with Gasteiger partial charge < -0.3 is 13.9 Å². The molecule has 0 aromatic carbocycles. The molecule has 0 bridgehead atoms. The van der Waals surface area contributed by atoms with Gasteiger partial charge in [0.05, 0.1) is 19.0 Å². The van der Waals surface area contributed by atoms with Gasteiger partial charge in [-0.1, -0.05) is 0 Å². The van der Waals surface area contributed by atoms with Crippen molar-refractivity contribution in [2.75, 3.05) is 6.61 Å². The van der Waals surface area contributed by atoms with Crippen LogP contribution >= 0.6 is 0 Å². The van der Waals surface area contributed by atoms with Gasteiger partial charge in [-0.05, 0) is 13.8 Å². The standard InChI is InChI=1S/C11H13N3O4/c1-3-14-6-8(5-12-14)18-11-13-9(7-17-11)10(15)16-4-2/h5-7H,3-4H2,1-2H3. The third-order valence-electron chi connectivity index (χ3n) is 2.11. The lowest BCUT2D eigenvalue weighted by Gasteiger charge is -1.95. The molecule has 18 heavy (non-hydrogen) atoms. The first kappa shape index (κ1) is 12.2. The highest BCUT2D eigenvalue weighted by atomic mass is 16.6. The molecule has 0 saturated heterocycles. The lowest BCUT2D eigenvalue weighted by atomic mass is 10.5. The number of aromatic nitrogens is 3. The maximum absolute atomic E-state index is 11.3. The van der Waals surface area contributed by atoms with E-state index in [1.54, 1.807) is 17.8 Å². The molecule has 0 amide bonds. The summed E-state index contributed by atoms with van der Waals surface area (Å²) in [5.74, 6) is -0.0468. The fraction of sp³-hybridized carbons (Fsp3) is 0.364. The molecule has 0 N–H and O–H groups in total. The van der Waals surface area contributed by atoms with Crippen molar-refractivity contribution in [3.63, 3.8) is 0 Å². The molecule has 2 rings (SSSR count). The predicted octanol–water partition coefficient (Wildman–Crippen LogP) is 1.86. The third-order valence-corrected chi connectivity index (χ3v) is 2.11. The smallest absolute Gasteiger partial charge is 0.400 e. The Hall–Kier alpha value is -2.31. The van der Waals surface area contributed by atoms with Crippen molar-refractivity contribution in [1.29, 1.82) is 0 Å². The zero-order valence-corrected chi connectivity index (χ0v) is 10.1. The zero-order chi connectivity index (χ0) is 13.0. The quantitative estimate of drug-likeness (QED) is 0.754. The average Bonchev–Trinajstić information content (AvgIpc) is 2.99. The monoisotopic (exact) mass is 251 g/mol. The SMILES string of the molecule is CCOC(=O)c1coc(Oc2cnn(CC)c2)n1. The van der Waals surface area contributed by atoms with Crippen LogP contribution in [0.25, 0.3) is 0 Å². The van der Waals surface area contributed by atoms with Gasteiger partial charge in [-0.15, -0.1) is 0 Å². The number of rotatable bonds is 5. The van der Waals surface area contributed by atoms with Gasteiger partial charge in [-0.2, -0.15) is 10.1 Å². The van der Waals surface area contributed by atoms with Gasteiger partial charge in [0.25, 0.3) is 0 Å². The van der Waals surface area contributed by atoms with Crippen LogP contribution in [0.4, 0.5) is 0 Å². The lowest BCUT2D eigenvalue weighted by molar-refractivity contribution is 0.0519. The lowest BCUT2D eigenvalue weighted by Crippen LogP contribution is -2.04. The first-order chi connectivity index (χ1) is 8.72. The molecule has 7 nitrogen and oxygen atoms in total. The minimum atomic E-state index is -0.541. The van der Waals surface area contributed by atoms with Gasteiger partial charge in [0, 0.05) is 6.54 Å². The molecule has 7 heteroatoms. The van der Waals surface area contributed by atoms with Gasteiger partial charge >= 0.3 is 12.0 Å². The first-order valence-corrected chi connectivity index (χ1v) is 5.56. The van der Waals surface area contributed by atoms with E-state index in [4.69, 9.17) is 13.9 Å². The topological polar surface area (TPSA) is 79.4 Å². The highest BCUT2D eigenvalue weighted by Crippen LogP contribution is 2.20. The number of oxazole rings is 1. The van der Waals surface area contributed by atoms with E-state index in [0.717, 1.165) is 6.54 Å². The highest BCUT2D eigenvalue weighted by Gasteiger charge is 2.14. The minimum Gasteiger partial charge on any atom is -0.461 e. The Balaban J connectivity index is 2.04. The van der Waals surface area contributed by atoms with Crippen LogP contribution < -0.4 is 4.74 Å². The summed E-state index contributed by atoms with van der Waals surface area (Å²) in [4.78, 5) is 15.2.